The zero-order valence-electron chi connectivity index (χ0n) is 16.9. The monoisotopic (exact) mass is 429 g/mol. The minimum Gasteiger partial charge on any atom is -0.493 e. The molecule has 0 radical (unpaired) electrons. The van der Waals surface area contributed by atoms with Crippen molar-refractivity contribution in [2.45, 2.75) is 31.1 Å². The lowest BCUT2D eigenvalue weighted by Gasteiger charge is -2.40. The number of aliphatic imine (C=N–C) groups is 1. The molecule has 30 heavy (non-hydrogen) atoms. The molecule has 2 aliphatic heterocycles. The number of fused-ring (bicyclic) bond motifs is 3. The molecule has 1 amide bonds. The van der Waals surface area contributed by atoms with Gasteiger partial charge in [-0.05, 0) is 43.7 Å². The highest BCUT2D eigenvalue weighted by atomic mass is 32.2. The van der Waals surface area contributed by atoms with E-state index in [1.807, 2.05) is 6.92 Å². The minimum absolute atomic E-state index is 0.0834. The normalized spacial score (nSPS) is 24.6. The van der Waals surface area contributed by atoms with E-state index in [9.17, 15) is 13.2 Å². The van der Waals surface area contributed by atoms with Crippen LogP contribution < -0.4 is 15.8 Å². The van der Waals surface area contributed by atoms with Gasteiger partial charge in [0, 0.05) is 30.9 Å². The summed E-state index contributed by atoms with van der Waals surface area (Å²) in [6, 6.07) is 8.54. The predicted molar refractivity (Wildman–Crippen MR) is 113 cm³/mol. The maximum atomic E-state index is 13.0. The van der Waals surface area contributed by atoms with Crippen molar-refractivity contribution in [1.82, 2.24) is 9.29 Å². The summed E-state index contributed by atoms with van der Waals surface area (Å²) in [6.45, 7) is 3.85. The first-order valence-corrected chi connectivity index (χ1v) is 11.0. The smallest absolute Gasteiger partial charge is 0.274 e. The maximum absolute atomic E-state index is 13.0. The molecule has 0 unspecified atom stereocenters. The third-order valence-corrected chi connectivity index (χ3v) is 7.97. The second-order valence-corrected chi connectivity index (χ2v) is 9.79. The number of pyridine rings is 1. The molecule has 0 fully saturated rings. The van der Waals surface area contributed by atoms with Crippen LogP contribution in [0.2, 0.25) is 0 Å². The Balaban J connectivity index is 1.76. The van der Waals surface area contributed by atoms with Gasteiger partial charge in [0.25, 0.3) is 5.91 Å². The number of nitrogens with two attached hydrogens (primary N) is 1. The van der Waals surface area contributed by atoms with Crippen LogP contribution in [-0.4, -0.2) is 48.5 Å². The van der Waals surface area contributed by atoms with Gasteiger partial charge in [0.1, 0.15) is 22.2 Å². The van der Waals surface area contributed by atoms with Crippen LogP contribution in [0.1, 0.15) is 35.0 Å². The molecule has 0 aliphatic carbocycles. The van der Waals surface area contributed by atoms with E-state index in [0.29, 0.717) is 17.0 Å². The van der Waals surface area contributed by atoms with Crippen LogP contribution in [0.4, 0.5) is 5.69 Å². The van der Waals surface area contributed by atoms with E-state index < -0.39 is 20.8 Å². The number of ether oxygens (including phenoxy) is 1. The van der Waals surface area contributed by atoms with Crippen molar-refractivity contribution in [3.63, 3.8) is 0 Å². The topological polar surface area (TPSA) is 127 Å². The van der Waals surface area contributed by atoms with Crippen molar-refractivity contribution in [2.75, 3.05) is 19.0 Å². The summed E-state index contributed by atoms with van der Waals surface area (Å²) in [7, 11) is -2.32. The Morgan fingerprint density at radius 2 is 2.10 bits per heavy atom. The van der Waals surface area contributed by atoms with Crippen molar-refractivity contribution in [1.29, 1.82) is 0 Å². The average molecular weight is 430 g/mol. The number of sulfonamides is 1. The van der Waals surface area contributed by atoms with Crippen molar-refractivity contribution in [3.05, 3.63) is 53.3 Å². The van der Waals surface area contributed by atoms with E-state index in [2.05, 4.69) is 15.3 Å². The molecule has 0 saturated heterocycles. The van der Waals surface area contributed by atoms with Gasteiger partial charge in [-0.3, -0.25) is 9.78 Å². The van der Waals surface area contributed by atoms with Gasteiger partial charge < -0.3 is 15.8 Å². The first-order chi connectivity index (χ1) is 14.1. The van der Waals surface area contributed by atoms with Gasteiger partial charge in [0.2, 0.25) is 16.0 Å². The number of hydrogen-bond donors (Lipinski definition) is 2. The SMILES string of the molecule is Cc1ccc(C(=O)Nc2ccc3c(c2)[C@@]2(C)N=C(N)N(C)S(=O)(=O)[C@H]2CCO3)nc1. The number of hydrogen-bond acceptors (Lipinski definition) is 7. The Morgan fingerprint density at radius 1 is 1.33 bits per heavy atom. The first-order valence-electron chi connectivity index (χ1n) is 9.47. The average Bonchev–Trinajstić information content (AvgIpc) is 2.84. The van der Waals surface area contributed by atoms with Crippen LogP contribution in [0, 0.1) is 6.92 Å². The highest BCUT2D eigenvalue weighted by Gasteiger charge is 2.52. The molecule has 158 valence electrons. The Kier molecular flexibility index (Phi) is 4.69. The number of nitrogens with zero attached hydrogens (tertiary/aromatic N) is 3. The second kappa shape index (κ2) is 6.98. The van der Waals surface area contributed by atoms with Crippen molar-refractivity contribution in [2.24, 2.45) is 10.7 Å². The number of rotatable bonds is 2. The molecule has 10 heteroatoms. The van der Waals surface area contributed by atoms with Gasteiger partial charge in [-0.1, -0.05) is 6.07 Å². The van der Waals surface area contributed by atoms with Crippen LogP contribution in [0.5, 0.6) is 5.75 Å². The molecule has 0 bridgehead atoms. The van der Waals surface area contributed by atoms with Gasteiger partial charge in [-0.15, -0.1) is 0 Å². The number of amides is 1. The molecule has 3 heterocycles. The number of aromatic nitrogens is 1. The number of nitrogens with one attached hydrogen (secondary N) is 1. The lowest BCUT2D eigenvalue weighted by atomic mass is 9.87. The van der Waals surface area contributed by atoms with E-state index in [1.165, 1.54) is 7.05 Å². The van der Waals surface area contributed by atoms with Gasteiger partial charge >= 0.3 is 0 Å². The molecule has 0 saturated carbocycles. The molecule has 9 nitrogen and oxygen atoms in total. The van der Waals surface area contributed by atoms with E-state index in [-0.39, 0.29) is 30.6 Å². The molecular weight excluding hydrogens is 406 g/mol. The maximum Gasteiger partial charge on any atom is 0.274 e. The van der Waals surface area contributed by atoms with Crippen LogP contribution in [-0.2, 0) is 15.6 Å². The van der Waals surface area contributed by atoms with Crippen molar-refractivity contribution >= 4 is 27.6 Å². The number of carbonyl (C=O) groups is 1. The van der Waals surface area contributed by atoms with Crippen LogP contribution in [0.15, 0.2) is 41.5 Å². The van der Waals surface area contributed by atoms with Crippen molar-refractivity contribution < 1.29 is 17.9 Å². The van der Waals surface area contributed by atoms with Crippen LogP contribution in [0.3, 0.4) is 0 Å². The summed E-state index contributed by atoms with van der Waals surface area (Å²) in [5.41, 5.74) is 7.06. The Labute approximate surface area is 175 Å². The lowest BCUT2D eigenvalue weighted by molar-refractivity contribution is 0.102. The van der Waals surface area contributed by atoms with Gasteiger partial charge in [0.15, 0.2) is 0 Å². The summed E-state index contributed by atoms with van der Waals surface area (Å²) >= 11 is 0. The van der Waals surface area contributed by atoms with Crippen LogP contribution >= 0.6 is 0 Å². The highest BCUT2D eigenvalue weighted by Crippen LogP contribution is 2.45. The summed E-state index contributed by atoms with van der Waals surface area (Å²) in [5.74, 6) is 0.0628. The molecule has 4 rings (SSSR count). The zero-order chi connectivity index (χ0) is 21.7. The number of carbonyl (C=O) groups excluding carboxylic acids is 1. The standard InChI is InChI=1S/C20H23N5O4S/c1-12-4-6-15(22-11-12)18(26)23-13-5-7-16-14(10-13)20(2)17(8-9-29-16)30(27,28)25(3)19(21)24-20/h4-7,10-11,17H,8-9H2,1-3H3,(H2,21,24)(H,23,26)/t17-,20+/m0/s1. The molecule has 1 aromatic carbocycles. The van der Waals surface area contributed by atoms with Gasteiger partial charge in [-0.2, -0.15) is 0 Å². The molecular formula is C20H23N5O4S. The Hall–Kier alpha value is -3.14. The summed E-state index contributed by atoms with van der Waals surface area (Å²) < 4.78 is 32.9. The van der Waals surface area contributed by atoms with E-state index in [4.69, 9.17) is 10.5 Å². The molecule has 0 spiro atoms. The van der Waals surface area contributed by atoms with E-state index >= 15 is 0 Å². The Morgan fingerprint density at radius 3 is 2.80 bits per heavy atom. The van der Waals surface area contributed by atoms with E-state index in [1.54, 1.807) is 43.5 Å². The summed E-state index contributed by atoms with van der Waals surface area (Å²) in [5, 5.41) is 1.97. The van der Waals surface area contributed by atoms with Crippen LogP contribution in [0.25, 0.3) is 0 Å². The number of guanidine groups is 1. The van der Waals surface area contributed by atoms with Gasteiger partial charge in [-0.25, -0.2) is 17.7 Å². The summed E-state index contributed by atoms with van der Waals surface area (Å²) in [4.78, 5) is 21.2. The number of aryl methyl sites for hydroxylation is 1. The fraction of sp³-hybridized carbons (Fsp3) is 0.350. The molecule has 2 aromatic rings. The Bertz CT molecular complexity index is 1150. The molecule has 2 atom stereocenters. The number of benzene rings is 1. The van der Waals surface area contributed by atoms with E-state index in [0.717, 1.165) is 9.87 Å². The molecule has 2 aliphatic rings. The predicted octanol–water partition coefficient (Wildman–Crippen LogP) is 1.60. The lowest BCUT2D eigenvalue weighted by Crippen LogP contribution is -2.56. The molecule has 1 aromatic heterocycles. The number of anilines is 1. The fourth-order valence-electron chi connectivity index (χ4n) is 3.86. The highest BCUT2D eigenvalue weighted by molar-refractivity contribution is 7.90. The fourth-order valence-corrected chi connectivity index (χ4v) is 5.69. The third-order valence-electron chi connectivity index (χ3n) is 5.60. The zero-order valence-corrected chi connectivity index (χ0v) is 17.7. The second-order valence-electron chi connectivity index (χ2n) is 7.64. The quantitative estimate of drug-likeness (QED) is 0.746. The molecule has 3 N–H and O–H groups in total. The summed E-state index contributed by atoms with van der Waals surface area (Å²) in [6.07, 6.45) is 1.88. The largest absolute Gasteiger partial charge is 0.493 e. The van der Waals surface area contributed by atoms with Crippen molar-refractivity contribution in [3.8, 4) is 5.75 Å². The minimum atomic E-state index is -3.72. The first kappa shape index (κ1) is 20.1. The third kappa shape index (κ3) is 3.17. The van der Waals surface area contributed by atoms with Gasteiger partial charge in [0.05, 0.1) is 6.61 Å².